The second-order valence-electron chi connectivity index (χ2n) is 4.70. The lowest BCUT2D eigenvalue weighted by Gasteiger charge is -2.15. The van der Waals surface area contributed by atoms with E-state index in [0.717, 1.165) is 6.42 Å². The van der Waals surface area contributed by atoms with Crippen LogP contribution in [0.1, 0.15) is 28.9 Å². The molecule has 1 atom stereocenters. The maximum atomic E-state index is 11.9. The molecule has 2 heterocycles. The largest absolute Gasteiger partial charge is 0.396 e. The van der Waals surface area contributed by atoms with Crippen LogP contribution < -0.4 is 0 Å². The molecule has 0 saturated carbocycles. The second kappa shape index (κ2) is 6.50. The van der Waals surface area contributed by atoms with E-state index in [0.29, 0.717) is 22.3 Å². The van der Waals surface area contributed by atoms with Gasteiger partial charge in [0.25, 0.3) is 0 Å². The van der Waals surface area contributed by atoms with Crippen molar-refractivity contribution in [3.8, 4) is 0 Å². The van der Waals surface area contributed by atoms with E-state index in [4.69, 9.17) is 16.7 Å². The lowest BCUT2D eigenvalue weighted by molar-refractivity contribution is -0.130. The van der Waals surface area contributed by atoms with Crippen LogP contribution in [-0.2, 0) is 4.79 Å². The van der Waals surface area contributed by atoms with Crippen LogP contribution in [0.15, 0.2) is 12.1 Å². The molecule has 1 saturated heterocycles. The minimum Gasteiger partial charge on any atom is -0.396 e. The highest BCUT2D eigenvalue weighted by Crippen LogP contribution is 2.23. The molecule has 6 heteroatoms. The number of carbonyl (C=O) groups is 2. The first-order valence-corrected chi connectivity index (χ1v) is 7.46. The summed E-state index contributed by atoms with van der Waals surface area (Å²) < 4.78 is 0.583. The Morgan fingerprint density at radius 2 is 2.21 bits per heavy atom. The Hall–Kier alpha value is -0.910. The fourth-order valence-electron chi connectivity index (χ4n) is 2.17. The van der Waals surface area contributed by atoms with Gasteiger partial charge in [-0.3, -0.25) is 9.59 Å². The number of hydrogen-bond acceptors (Lipinski definition) is 4. The highest BCUT2D eigenvalue weighted by Gasteiger charge is 2.25. The number of Topliss-reactive ketones (excluding diaryl/α,β-unsaturated/α-hetero) is 1. The predicted octanol–water partition coefficient (Wildman–Crippen LogP) is 2.21. The average Bonchev–Trinajstić information content (AvgIpc) is 3.04. The van der Waals surface area contributed by atoms with Gasteiger partial charge in [0.2, 0.25) is 5.91 Å². The number of nitrogens with zero attached hydrogens (tertiary/aromatic N) is 1. The number of amides is 1. The zero-order valence-corrected chi connectivity index (χ0v) is 12.0. The monoisotopic (exact) mass is 301 g/mol. The molecule has 0 radical (unpaired) electrons. The van der Waals surface area contributed by atoms with Crippen LogP contribution in [0.3, 0.4) is 0 Å². The van der Waals surface area contributed by atoms with Crippen molar-refractivity contribution in [1.82, 2.24) is 4.90 Å². The molecule has 2 rings (SSSR count). The van der Waals surface area contributed by atoms with Gasteiger partial charge in [-0.1, -0.05) is 11.6 Å². The van der Waals surface area contributed by atoms with Crippen molar-refractivity contribution < 1.29 is 14.7 Å². The minimum atomic E-state index is -0.0387. The van der Waals surface area contributed by atoms with Gasteiger partial charge in [-0.05, 0) is 18.6 Å². The molecule has 1 unspecified atom stereocenters. The maximum Gasteiger partial charge on any atom is 0.223 e. The van der Waals surface area contributed by atoms with Crippen molar-refractivity contribution >= 4 is 34.6 Å². The molecule has 0 spiro atoms. The molecule has 1 amide bonds. The molecule has 1 aromatic heterocycles. The van der Waals surface area contributed by atoms with Gasteiger partial charge in [0, 0.05) is 38.5 Å². The fourth-order valence-corrected chi connectivity index (χ4v) is 3.18. The average molecular weight is 302 g/mol. The number of thiophene rings is 1. The number of likely N-dealkylation sites (tertiary alicyclic amines) is 1. The van der Waals surface area contributed by atoms with Gasteiger partial charge in [-0.15, -0.1) is 11.3 Å². The Morgan fingerprint density at radius 1 is 1.42 bits per heavy atom. The van der Waals surface area contributed by atoms with E-state index in [-0.39, 0.29) is 37.1 Å². The van der Waals surface area contributed by atoms with E-state index in [2.05, 4.69) is 0 Å². The third kappa shape index (κ3) is 3.78. The predicted molar refractivity (Wildman–Crippen MR) is 74.7 cm³/mol. The number of rotatable bonds is 5. The van der Waals surface area contributed by atoms with Crippen LogP contribution in [0.25, 0.3) is 0 Å². The highest BCUT2D eigenvalue weighted by atomic mass is 35.5. The Balaban J connectivity index is 1.79. The van der Waals surface area contributed by atoms with Crippen LogP contribution in [-0.4, -0.2) is 41.4 Å². The van der Waals surface area contributed by atoms with Crippen LogP contribution >= 0.6 is 22.9 Å². The molecule has 1 fully saturated rings. The highest BCUT2D eigenvalue weighted by molar-refractivity contribution is 7.18. The summed E-state index contributed by atoms with van der Waals surface area (Å²) >= 11 is 7.01. The topological polar surface area (TPSA) is 57.6 Å². The number of aliphatic hydroxyl groups is 1. The molecule has 0 aliphatic carbocycles. The van der Waals surface area contributed by atoms with Crippen LogP contribution in [0.2, 0.25) is 4.34 Å². The van der Waals surface area contributed by atoms with E-state index < -0.39 is 0 Å². The summed E-state index contributed by atoms with van der Waals surface area (Å²) in [5, 5.41) is 9.03. The van der Waals surface area contributed by atoms with Crippen molar-refractivity contribution in [2.24, 2.45) is 5.92 Å². The first kappa shape index (κ1) is 14.5. The van der Waals surface area contributed by atoms with Crippen LogP contribution in [0.5, 0.6) is 0 Å². The molecule has 0 bridgehead atoms. The van der Waals surface area contributed by atoms with E-state index in [1.165, 1.54) is 11.3 Å². The van der Waals surface area contributed by atoms with Gasteiger partial charge in [0.15, 0.2) is 5.78 Å². The molecular weight excluding hydrogens is 286 g/mol. The summed E-state index contributed by atoms with van der Waals surface area (Å²) in [6.07, 6.45) is 1.29. The SMILES string of the molecule is O=C(CCC(=O)N1CCC(CO)C1)c1ccc(Cl)s1. The molecular formula is C13H16ClNO3S. The summed E-state index contributed by atoms with van der Waals surface area (Å²) in [7, 11) is 0. The molecule has 1 aliphatic rings. The zero-order valence-electron chi connectivity index (χ0n) is 10.5. The number of ketones is 1. The van der Waals surface area contributed by atoms with E-state index in [1.807, 2.05) is 0 Å². The summed E-state index contributed by atoms with van der Waals surface area (Å²) in [6, 6.07) is 3.38. The van der Waals surface area contributed by atoms with Crippen molar-refractivity contribution in [1.29, 1.82) is 0 Å². The van der Waals surface area contributed by atoms with Gasteiger partial charge in [0.1, 0.15) is 0 Å². The van der Waals surface area contributed by atoms with Crippen LogP contribution in [0.4, 0.5) is 0 Å². The fraction of sp³-hybridized carbons (Fsp3) is 0.538. The van der Waals surface area contributed by atoms with E-state index in [9.17, 15) is 9.59 Å². The van der Waals surface area contributed by atoms with Crippen molar-refractivity contribution in [3.05, 3.63) is 21.3 Å². The van der Waals surface area contributed by atoms with Crippen molar-refractivity contribution in [3.63, 3.8) is 0 Å². The quantitative estimate of drug-likeness (QED) is 0.848. The lowest BCUT2D eigenvalue weighted by Crippen LogP contribution is -2.29. The second-order valence-corrected chi connectivity index (χ2v) is 6.42. The van der Waals surface area contributed by atoms with E-state index >= 15 is 0 Å². The molecule has 0 aromatic carbocycles. The number of carbonyl (C=O) groups excluding carboxylic acids is 2. The smallest absolute Gasteiger partial charge is 0.223 e. The Bertz CT molecular complexity index is 474. The molecule has 104 valence electrons. The van der Waals surface area contributed by atoms with Gasteiger partial charge < -0.3 is 10.0 Å². The molecule has 1 aliphatic heterocycles. The Kier molecular flexibility index (Phi) is 4.96. The van der Waals surface area contributed by atoms with E-state index in [1.54, 1.807) is 17.0 Å². The summed E-state index contributed by atoms with van der Waals surface area (Å²) in [4.78, 5) is 26.1. The van der Waals surface area contributed by atoms with Crippen LogP contribution in [0, 0.1) is 5.92 Å². The Labute approximate surface area is 121 Å². The number of aliphatic hydroxyl groups excluding tert-OH is 1. The third-order valence-electron chi connectivity index (χ3n) is 3.31. The maximum absolute atomic E-state index is 11.9. The summed E-state index contributed by atoms with van der Waals surface area (Å²) in [6.45, 7) is 1.41. The van der Waals surface area contributed by atoms with Crippen molar-refractivity contribution in [2.45, 2.75) is 19.3 Å². The molecule has 4 nitrogen and oxygen atoms in total. The Morgan fingerprint density at radius 3 is 2.79 bits per heavy atom. The third-order valence-corrected chi connectivity index (χ3v) is 4.58. The first-order chi connectivity index (χ1) is 9.10. The molecule has 1 aromatic rings. The lowest BCUT2D eigenvalue weighted by atomic mass is 10.1. The van der Waals surface area contributed by atoms with Gasteiger partial charge in [-0.25, -0.2) is 0 Å². The van der Waals surface area contributed by atoms with Gasteiger partial charge in [-0.2, -0.15) is 0 Å². The molecule has 19 heavy (non-hydrogen) atoms. The standard InChI is InChI=1S/C13H16ClNO3S/c14-12-3-2-11(19-12)10(17)1-4-13(18)15-6-5-9(7-15)8-16/h2-3,9,16H,1,4-8H2. The normalized spacial score (nSPS) is 18.8. The minimum absolute atomic E-state index is 0.00745. The molecule has 1 N–H and O–H groups in total. The zero-order chi connectivity index (χ0) is 13.8. The van der Waals surface area contributed by atoms with Gasteiger partial charge >= 0.3 is 0 Å². The van der Waals surface area contributed by atoms with Crippen molar-refractivity contribution in [2.75, 3.05) is 19.7 Å². The summed E-state index contributed by atoms with van der Waals surface area (Å²) in [5.41, 5.74) is 0. The summed E-state index contributed by atoms with van der Waals surface area (Å²) in [5.74, 6) is 0.144. The number of halogens is 1. The van der Waals surface area contributed by atoms with Gasteiger partial charge in [0.05, 0.1) is 9.21 Å². The first-order valence-electron chi connectivity index (χ1n) is 6.27. The number of hydrogen-bond donors (Lipinski definition) is 1.